The highest BCUT2D eigenvalue weighted by atomic mass is 16.7. The summed E-state index contributed by atoms with van der Waals surface area (Å²) in [5.74, 6) is -0.142. The molecule has 9 atom stereocenters. The number of carbonyl (C=O) groups excluding carboxylic acids is 1. The highest BCUT2D eigenvalue weighted by molar-refractivity contribution is 5.76. The topological polar surface area (TPSA) is 201 Å². The lowest BCUT2D eigenvalue weighted by molar-refractivity contribution is -0.327. The number of rotatable bonds is 24. The Morgan fingerprint density at radius 1 is 0.762 bits per heavy atom. The first kappa shape index (κ1) is 39.1. The van der Waals surface area contributed by atoms with Crippen molar-refractivity contribution in [2.45, 2.75) is 159 Å². The van der Waals surface area contributed by atoms with E-state index in [1.54, 1.807) is 0 Å². The fraction of sp³-hybridized carbons (Fsp3) is 0.967. The van der Waals surface area contributed by atoms with E-state index >= 15 is 0 Å². The summed E-state index contributed by atoms with van der Waals surface area (Å²) in [6.07, 6.45) is -1.23. The van der Waals surface area contributed by atoms with Crippen molar-refractivity contribution >= 4 is 5.91 Å². The van der Waals surface area contributed by atoms with Crippen molar-refractivity contribution in [2.75, 3.05) is 26.3 Å². The number of carbonyl (C=O) groups is 1. The Kier molecular flexibility index (Phi) is 21.0. The van der Waals surface area contributed by atoms with Crippen molar-refractivity contribution < 1.29 is 55.1 Å². The van der Waals surface area contributed by atoms with Crippen molar-refractivity contribution in [2.24, 2.45) is 0 Å². The first-order valence-electron chi connectivity index (χ1n) is 16.0. The van der Waals surface area contributed by atoms with E-state index in [1.165, 1.54) is 17.7 Å². The van der Waals surface area contributed by atoms with Crippen molar-refractivity contribution in [1.82, 2.24) is 4.90 Å². The molecule has 0 bridgehead atoms. The van der Waals surface area contributed by atoms with Gasteiger partial charge in [0.2, 0.25) is 5.91 Å². The predicted molar refractivity (Wildman–Crippen MR) is 156 cm³/mol. The van der Waals surface area contributed by atoms with E-state index in [0.717, 1.165) is 70.6 Å². The molecule has 0 aromatic rings. The second-order valence-electron chi connectivity index (χ2n) is 11.6. The van der Waals surface area contributed by atoms with Crippen LogP contribution in [0, 0.1) is 0 Å². The fourth-order valence-corrected chi connectivity index (χ4v) is 5.18. The van der Waals surface area contributed by atoms with Gasteiger partial charge in [0.25, 0.3) is 0 Å². The first-order valence-corrected chi connectivity index (χ1v) is 16.0. The van der Waals surface area contributed by atoms with E-state index in [-0.39, 0.29) is 12.5 Å². The Balaban J connectivity index is 2.87. The number of nitrogens with zero attached hydrogens (tertiary/aromatic N) is 1. The highest BCUT2D eigenvalue weighted by Gasteiger charge is 2.47. The van der Waals surface area contributed by atoms with E-state index in [0.29, 0.717) is 13.0 Å². The normalized spacial score (nSPS) is 25.6. The van der Waals surface area contributed by atoms with Gasteiger partial charge in [-0.25, -0.2) is 0 Å². The maximum Gasteiger partial charge on any atom is 0.222 e. The molecule has 1 saturated heterocycles. The van der Waals surface area contributed by atoms with Crippen LogP contribution < -0.4 is 0 Å². The summed E-state index contributed by atoms with van der Waals surface area (Å²) >= 11 is 0. The second-order valence-corrected chi connectivity index (χ2v) is 11.6. The van der Waals surface area contributed by atoms with Gasteiger partial charge in [0, 0.05) is 19.5 Å². The molecule has 0 spiro atoms. The first-order chi connectivity index (χ1) is 20.1. The minimum atomic E-state index is -1.82. The van der Waals surface area contributed by atoms with E-state index in [1.807, 2.05) is 0 Å². The molecule has 0 aromatic heterocycles. The third-order valence-corrected chi connectivity index (χ3v) is 7.97. The van der Waals surface area contributed by atoms with Crippen molar-refractivity contribution in [3.05, 3.63) is 0 Å². The minimum Gasteiger partial charge on any atom is -0.394 e. The maximum absolute atomic E-state index is 13.1. The van der Waals surface area contributed by atoms with Crippen LogP contribution in [0.2, 0.25) is 0 Å². The monoisotopic (exact) mass is 609 g/mol. The number of hydrogen-bond donors (Lipinski definition) is 8. The second kappa shape index (κ2) is 22.6. The van der Waals surface area contributed by atoms with E-state index in [9.17, 15) is 45.6 Å². The van der Waals surface area contributed by atoms with E-state index in [4.69, 9.17) is 9.47 Å². The highest BCUT2D eigenvalue weighted by Crippen LogP contribution is 2.25. The van der Waals surface area contributed by atoms with Crippen molar-refractivity contribution in [3.8, 4) is 0 Å². The Morgan fingerprint density at radius 2 is 1.31 bits per heavy atom. The van der Waals surface area contributed by atoms with Gasteiger partial charge in [0.05, 0.1) is 13.2 Å². The predicted octanol–water partition coefficient (Wildman–Crippen LogP) is 0.576. The molecule has 1 aliphatic heterocycles. The summed E-state index contributed by atoms with van der Waals surface area (Å²) in [6, 6.07) is 0. The van der Waals surface area contributed by atoms with Crippen LogP contribution in [0.25, 0.3) is 0 Å². The van der Waals surface area contributed by atoms with Crippen LogP contribution in [0.5, 0.6) is 0 Å². The number of aliphatic hydroxyl groups excluding tert-OH is 8. The maximum atomic E-state index is 13.1. The lowest BCUT2D eigenvalue weighted by Gasteiger charge is -2.42. The average Bonchev–Trinajstić information content (AvgIpc) is 2.99. The van der Waals surface area contributed by atoms with Crippen LogP contribution in [0.1, 0.15) is 104 Å². The summed E-state index contributed by atoms with van der Waals surface area (Å²) in [6.45, 7) is 2.88. The van der Waals surface area contributed by atoms with Gasteiger partial charge in [-0.15, -0.1) is 0 Å². The van der Waals surface area contributed by atoms with Crippen LogP contribution in [-0.2, 0) is 14.3 Å². The summed E-state index contributed by atoms with van der Waals surface area (Å²) in [5, 5.41) is 81.7. The molecule has 0 aromatic carbocycles. The molecule has 12 nitrogen and oxygen atoms in total. The number of unbranched alkanes of at least 4 members (excludes halogenated alkanes) is 11. The van der Waals surface area contributed by atoms with E-state index in [2.05, 4.69) is 13.8 Å². The van der Waals surface area contributed by atoms with Crippen LogP contribution in [0.4, 0.5) is 0 Å². The molecular formula is C30H59NO11. The van der Waals surface area contributed by atoms with Crippen LogP contribution >= 0.6 is 0 Å². The number of hydrogen-bond acceptors (Lipinski definition) is 11. The van der Waals surface area contributed by atoms with Crippen molar-refractivity contribution in [1.29, 1.82) is 0 Å². The molecule has 1 rings (SSSR count). The molecule has 1 fully saturated rings. The molecule has 0 saturated carbocycles. The summed E-state index contributed by atoms with van der Waals surface area (Å²) < 4.78 is 10.8. The average molecular weight is 610 g/mol. The van der Waals surface area contributed by atoms with Gasteiger partial charge in [-0.1, -0.05) is 84.5 Å². The van der Waals surface area contributed by atoms with Gasteiger partial charge in [0.1, 0.15) is 48.8 Å². The third-order valence-electron chi connectivity index (χ3n) is 7.97. The van der Waals surface area contributed by atoms with Crippen molar-refractivity contribution in [3.63, 3.8) is 0 Å². The van der Waals surface area contributed by atoms with Crippen LogP contribution in [-0.4, -0.2) is 133 Å². The number of ether oxygens (including phenoxy) is 2. The molecule has 12 heteroatoms. The fourth-order valence-electron chi connectivity index (χ4n) is 5.18. The van der Waals surface area contributed by atoms with Gasteiger partial charge in [-0.2, -0.15) is 0 Å². The molecule has 0 radical (unpaired) electrons. The Morgan fingerprint density at radius 3 is 1.86 bits per heavy atom. The van der Waals surface area contributed by atoms with Gasteiger partial charge < -0.3 is 55.2 Å². The van der Waals surface area contributed by atoms with Gasteiger partial charge in [-0.3, -0.25) is 4.79 Å². The molecule has 0 aliphatic carbocycles. The molecule has 8 N–H and O–H groups in total. The molecule has 1 aliphatic rings. The largest absolute Gasteiger partial charge is 0.394 e. The number of aliphatic hydroxyl groups is 8. The summed E-state index contributed by atoms with van der Waals surface area (Å²) in [7, 11) is 0. The van der Waals surface area contributed by atoms with Crippen LogP contribution in [0.15, 0.2) is 0 Å². The van der Waals surface area contributed by atoms with Gasteiger partial charge in [0.15, 0.2) is 6.29 Å². The lowest BCUT2D eigenvalue weighted by Crippen LogP contribution is -2.61. The Bertz CT molecular complexity index is 686. The molecule has 1 heterocycles. The zero-order valence-electron chi connectivity index (χ0n) is 25.7. The zero-order valence-corrected chi connectivity index (χ0v) is 25.7. The Hall–Kier alpha value is -0.930. The molecule has 1 amide bonds. The molecule has 250 valence electrons. The standard InChI is InChI=1S/C30H59NO11/c1-3-5-7-9-11-13-15-17-31(24(36)16-14-12-10-8-6-4-2)18-21(34)25(37)29(22(35)19-32)42-30-28(40)27(39)26(38)23(20-33)41-30/h21-23,25-30,32-35,37-40H,3-20H2,1-2H3/t21-,22+,23+,25+,26-,27-,28+,29+,30-/m0/s1. The molecule has 42 heavy (non-hydrogen) atoms. The third kappa shape index (κ3) is 13.8. The van der Waals surface area contributed by atoms with Gasteiger partial charge >= 0.3 is 0 Å². The lowest BCUT2D eigenvalue weighted by atomic mass is 9.98. The quantitative estimate of drug-likeness (QED) is 0.0712. The smallest absolute Gasteiger partial charge is 0.222 e. The number of amides is 1. The molecular weight excluding hydrogens is 550 g/mol. The SMILES string of the molecule is CCCCCCCCCN(C[C@H](O)[C@@H](O)[C@H](O[C@@H]1O[C@H](CO)[C@H](O)[C@H](O)[C@H]1O)[C@H](O)CO)C(=O)CCCCCCCC. The summed E-state index contributed by atoms with van der Waals surface area (Å²) in [5.41, 5.74) is 0. The zero-order chi connectivity index (χ0) is 31.5. The molecule has 0 unspecified atom stereocenters. The van der Waals surface area contributed by atoms with E-state index < -0.39 is 68.3 Å². The van der Waals surface area contributed by atoms with Gasteiger partial charge in [-0.05, 0) is 12.8 Å². The van der Waals surface area contributed by atoms with Crippen LogP contribution in [0.3, 0.4) is 0 Å². The Labute approximate surface area is 251 Å². The minimum absolute atomic E-state index is 0.142. The summed E-state index contributed by atoms with van der Waals surface area (Å²) in [4.78, 5) is 14.7.